The van der Waals surface area contributed by atoms with E-state index in [0.29, 0.717) is 15.8 Å². The highest BCUT2D eigenvalue weighted by Crippen LogP contribution is 2.33. The first-order chi connectivity index (χ1) is 15.1. The number of sulfonamides is 2. The van der Waals surface area contributed by atoms with Gasteiger partial charge in [-0.25, -0.2) is 25.9 Å². The normalized spacial score (nSPS) is 17.9. The zero-order valence-corrected chi connectivity index (χ0v) is 19.4. The average Bonchev–Trinajstić information content (AvgIpc) is 2.97. The fourth-order valence-electron chi connectivity index (χ4n) is 3.18. The smallest absolute Gasteiger partial charge is 0.244 e. The third kappa shape index (κ3) is 4.97. The van der Waals surface area contributed by atoms with Gasteiger partial charge in [-0.1, -0.05) is 6.92 Å². The van der Waals surface area contributed by atoms with Gasteiger partial charge >= 0.3 is 0 Å². The second-order valence-corrected chi connectivity index (χ2v) is 10.6. The highest BCUT2D eigenvalue weighted by atomic mass is 32.2. The number of anilines is 1. The van der Waals surface area contributed by atoms with Crippen LogP contribution in [0.15, 0.2) is 47.4 Å². The lowest BCUT2D eigenvalue weighted by atomic mass is 10.2. The third-order valence-corrected chi connectivity index (χ3v) is 8.10. The first-order valence-corrected chi connectivity index (χ1v) is 12.7. The molecule has 1 aliphatic heterocycles. The van der Waals surface area contributed by atoms with E-state index in [0.717, 1.165) is 6.07 Å². The Kier molecular flexibility index (Phi) is 6.96. The van der Waals surface area contributed by atoms with Gasteiger partial charge in [0.05, 0.1) is 31.6 Å². The van der Waals surface area contributed by atoms with Crippen molar-refractivity contribution < 1.29 is 35.8 Å². The van der Waals surface area contributed by atoms with E-state index in [-0.39, 0.29) is 35.2 Å². The van der Waals surface area contributed by atoms with Gasteiger partial charge in [0, 0.05) is 6.54 Å². The molecule has 174 valence electrons. The van der Waals surface area contributed by atoms with Gasteiger partial charge in [0.2, 0.25) is 26.0 Å². The van der Waals surface area contributed by atoms with Gasteiger partial charge in [0.25, 0.3) is 0 Å². The lowest BCUT2D eigenvalue weighted by Gasteiger charge is -2.18. The van der Waals surface area contributed by atoms with Crippen LogP contribution in [0.4, 0.5) is 5.69 Å². The predicted molar refractivity (Wildman–Crippen MR) is 117 cm³/mol. The number of amides is 1. The van der Waals surface area contributed by atoms with Crippen molar-refractivity contribution in [3.63, 3.8) is 0 Å². The van der Waals surface area contributed by atoms with Crippen LogP contribution < -0.4 is 23.2 Å². The molecule has 0 bridgehead atoms. The van der Waals surface area contributed by atoms with Gasteiger partial charge < -0.3 is 14.2 Å². The van der Waals surface area contributed by atoms with Crippen LogP contribution in [0.2, 0.25) is 0 Å². The van der Waals surface area contributed by atoms with Gasteiger partial charge in [-0.3, -0.25) is 4.79 Å². The summed E-state index contributed by atoms with van der Waals surface area (Å²) in [6, 6.07) is 10.6. The van der Waals surface area contributed by atoms with Crippen LogP contribution in [0.5, 0.6) is 17.2 Å². The Hall–Kier alpha value is -2.83. The van der Waals surface area contributed by atoms with Crippen LogP contribution in [0.1, 0.15) is 6.92 Å². The van der Waals surface area contributed by atoms with E-state index in [9.17, 15) is 21.6 Å². The summed E-state index contributed by atoms with van der Waals surface area (Å²) in [6.45, 7) is 1.50. The zero-order valence-electron chi connectivity index (χ0n) is 17.8. The Labute approximate surface area is 187 Å². The average molecular weight is 485 g/mol. The molecule has 1 saturated heterocycles. The van der Waals surface area contributed by atoms with Crippen LogP contribution in [-0.2, 0) is 24.8 Å². The van der Waals surface area contributed by atoms with E-state index in [2.05, 4.69) is 4.72 Å². The van der Waals surface area contributed by atoms with Crippen molar-refractivity contribution in [3.05, 3.63) is 42.5 Å². The Bertz CT molecular complexity index is 1190. The van der Waals surface area contributed by atoms with Crippen molar-refractivity contribution in [3.8, 4) is 17.2 Å². The zero-order chi connectivity index (χ0) is 23.5. The number of methoxy groups -OCH3 is 2. The van der Waals surface area contributed by atoms with Gasteiger partial charge in [0.15, 0.2) is 0 Å². The van der Waals surface area contributed by atoms with Gasteiger partial charge in [-0.2, -0.15) is 0 Å². The highest BCUT2D eigenvalue weighted by molar-refractivity contribution is 7.94. The van der Waals surface area contributed by atoms with Crippen LogP contribution in [-0.4, -0.2) is 55.9 Å². The minimum atomic E-state index is -4.10. The van der Waals surface area contributed by atoms with E-state index < -0.39 is 31.9 Å². The van der Waals surface area contributed by atoms with E-state index >= 15 is 0 Å². The molecule has 10 nitrogen and oxygen atoms in total. The molecule has 2 aromatic rings. The fraction of sp³-hybridized carbons (Fsp3) is 0.350. The maximum absolute atomic E-state index is 12.9. The molecule has 0 spiro atoms. The van der Waals surface area contributed by atoms with Gasteiger partial charge in [-0.15, -0.1) is 0 Å². The molecule has 3 rings (SSSR count). The summed E-state index contributed by atoms with van der Waals surface area (Å²) in [5.74, 6) is -0.445. The first-order valence-electron chi connectivity index (χ1n) is 9.60. The Morgan fingerprint density at radius 3 is 2.28 bits per heavy atom. The molecular formula is C20H24N2O8S2. The summed E-state index contributed by atoms with van der Waals surface area (Å²) in [6.07, 6.45) is 0. The van der Waals surface area contributed by atoms with E-state index in [1.165, 1.54) is 26.2 Å². The van der Waals surface area contributed by atoms with Crippen molar-refractivity contribution in [1.29, 1.82) is 0 Å². The first kappa shape index (κ1) is 23.8. The summed E-state index contributed by atoms with van der Waals surface area (Å²) < 4.78 is 69.2. The lowest BCUT2D eigenvalue weighted by molar-refractivity contribution is -0.119. The number of rotatable bonds is 9. The SMILES string of the molecule is COc1ccc(OCCNS(=O)(=O)c2cc(N3C(=O)C(C)CS3(=O)=O)ccc2OC)cc1. The second kappa shape index (κ2) is 9.35. The molecule has 1 fully saturated rings. The molecule has 0 saturated carbocycles. The standard InChI is InChI=1S/C20H24N2O8S2/c1-14-13-31(24,25)22(20(14)23)15-4-9-18(29-3)19(12-15)32(26,27)21-10-11-30-17-7-5-16(28-2)6-8-17/h4-9,12,14,21H,10-11,13H2,1-3H3. The molecule has 32 heavy (non-hydrogen) atoms. The van der Waals surface area contributed by atoms with Crippen molar-refractivity contribution in [2.24, 2.45) is 5.92 Å². The Morgan fingerprint density at radius 2 is 1.72 bits per heavy atom. The van der Waals surface area contributed by atoms with E-state index in [1.54, 1.807) is 31.4 Å². The number of carbonyl (C=O) groups excluding carboxylic acids is 1. The Morgan fingerprint density at radius 1 is 1.06 bits per heavy atom. The van der Waals surface area contributed by atoms with Crippen LogP contribution in [0.25, 0.3) is 0 Å². The number of benzene rings is 2. The van der Waals surface area contributed by atoms with Crippen LogP contribution in [0.3, 0.4) is 0 Å². The molecule has 1 atom stereocenters. The number of hydrogen-bond donors (Lipinski definition) is 1. The number of ether oxygens (including phenoxy) is 3. The predicted octanol–water partition coefficient (Wildman–Crippen LogP) is 1.37. The monoisotopic (exact) mass is 484 g/mol. The molecule has 0 radical (unpaired) electrons. The van der Waals surface area contributed by atoms with Crippen LogP contribution in [0, 0.1) is 5.92 Å². The molecule has 1 N–H and O–H groups in total. The molecule has 1 heterocycles. The molecule has 1 aliphatic rings. The minimum Gasteiger partial charge on any atom is -0.497 e. The number of nitrogens with zero attached hydrogens (tertiary/aromatic N) is 1. The van der Waals surface area contributed by atoms with Crippen molar-refractivity contribution in [1.82, 2.24) is 4.72 Å². The quantitative estimate of drug-likeness (QED) is 0.529. The number of carbonyl (C=O) groups is 1. The van der Waals surface area contributed by atoms with Crippen molar-refractivity contribution in [2.45, 2.75) is 11.8 Å². The summed E-state index contributed by atoms with van der Waals surface area (Å²) in [7, 11) is -5.14. The largest absolute Gasteiger partial charge is 0.497 e. The Balaban J connectivity index is 1.76. The summed E-state index contributed by atoms with van der Waals surface area (Å²) in [4.78, 5) is 12.1. The fourth-order valence-corrected chi connectivity index (χ4v) is 6.20. The molecular weight excluding hydrogens is 460 g/mol. The number of nitrogens with one attached hydrogen (secondary N) is 1. The van der Waals surface area contributed by atoms with Gasteiger partial charge in [-0.05, 0) is 42.5 Å². The molecule has 2 aromatic carbocycles. The highest BCUT2D eigenvalue weighted by Gasteiger charge is 2.42. The van der Waals surface area contributed by atoms with E-state index in [4.69, 9.17) is 14.2 Å². The maximum Gasteiger partial charge on any atom is 0.244 e. The van der Waals surface area contributed by atoms with Crippen molar-refractivity contribution >= 4 is 31.6 Å². The van der Waals surface area contributed by atoms with Crippen molar-refractivity contribution in [2.75, 3.05) is 37.4 Å². The lowest BCUT2D eigenvalue weighted by Crippen LogP contribution is -2.31. The molecule has 1 amide bonds. The van der Waals surface area contributed by atoms with Gasteiger partial charge in [0.1, 0.15) is 28.8 Å². The van der Waals surface area contributed by atoms with E-state index in [1.807, 2.05) is 0 Å². The molecule has 1 unspecified atom stereocenters. The third-order valence-electron chi connectivity index (χ3n) is 4.75. The summed E-state index contributed by atoms with van der Waals surface area (Å²) in [5.41, 5.74) is -0.0602. The molecule has 0 aliphatic carbocycles. The number of hydrogen-bond acceptors (Lipinski definition) is 8. The minimum absolute atomic E-state index is 0.00872. The summed E-state index contributed by atoms with van der Waals surface area (Å²) >= 11 is 0. The second-order valence-electron chi connectivity index (χ2n) is 7.04. The topological polar surface area (TPSA) is 128 Å². The summed E-state index contributed by atoms with van der Waals surface area (Å²) in [5, 5.41) is 0. The maximum atomic E-state index is 12.9. The molecule has 12 heteroatoms. The molecule has 0 aromatic heterocycles. The van der Waals surface area contributed by atoms with Crippen LogP contribution >= 0.6 is 0 Å².